The first-order valence-electron chi connectivity index (χ1n) is 12.8. The molecule has 1 aliphatic heterocycles. The monoisotopic (exact) mass is 549 g/mol. The molecule has 1 aromatic carbocycles. The summed E-state index contributed by atoms with van der Waals surface area (Å²) in [6.45, 7) is 5.34. The first-order chi connectivity index (χ1) is 18.7. The molecule has 0 atom stereocenters. The Morgan fingerprint density at radius 2 is 1.77 bits per heavy atom. The van der Waals surface area contributed by atoms with E-state index >= 15 is 0 Å². The van der Waals surface area contributed by atoms with Crippen LogP contribution in [-0.4, -0.2) is 55.0 Å². The zero-order chi connectivity index (χ0) is 28.2. The van der Waals surface area contributed by atoms with Crippen LogP contribution in [0.2, 0.25) is 5.15 Å². The molecule has 1 saturated heterocycles. The summed E-state index contributed by atoms with van der Waals surface area (Å²) in [4.78, 5) is 49.2. The van der Waals surface area contributed by atoms with E-state index in [1.807, 2.05) is 18.2 Å². The Bertz CT molecular complexity index is 1370. The van der Waals surface area contributed by atoms with Gasteiger partial charge in [0.1, 0.15) is 11.0 Å². The number of methoxy groups -OCH3 is 1. The Balaban J connectivity index is 1.68. The number of halogens is 1. The van der Waals surface area contributed by atoms with Crippen LogP contribution >= 0.6 is 11.6 Å². The number of hydrogen-bond donors (Lipinski definition) is 2. The maximum Gasteiger partial charge on any atom is 0.339 e. The third-order valence-corrected chi connectivity index (χ3v) is 7.44. The van der Waals surface area contributed by atoms with Crippen LogP contribution in [0.15, 0.2) is 54.9 Å². The number of piperidine rings is 1. The number of carbonyl (C=O) groups excluding carboxylic acids is 3. The molecule has 3 heterocycles. The number of carbonyl (C=O) groups is 3. The molecule has 204 valence electrons. The minimum atomic E-state index is -0.858. The summed E-state index contributed by atoms with van der Waals surface area (Å²) in [6, 6.07) is 12.9. The molecule has 0 radical (unpaired) electrons. The number of hydrogen-bond acceptors (Lipinski definition) is 7. The molecule has 2 amide bonds. The SMILES string of the molecule is CNC(=O)c1cc(Cl)ncc1NC(=O)C1(c2ccccc2C(C)C)CCN(c2ccc(C(=O)OC)cn2)CC1. The number of pyridine rings is 2. The quantitative estimate of drug-likeness (QED) is 0.327. The lowest BCUT2D eigenvalue weighted by Gasteiger charge is -2.42. The van der Waals surface area contributed by atoms with E-state index < -0.39 is 11.4 Å². The highest BCUT2D eigenvalue weighted by molar-refractivity contribution is 6.30. The van der Waals surface area contributed by atoms with Gasteiger partial charge in [-0.15, -0.1) is 0 Å². The van der Waals surface area contributed by atoms with Gasteiger partial charge in [0, 0.05) is 26.3 Å². The van der Waals surface area contributed by atoms with Crippen LogP contribution < -0.4 is 15.5 Å². The van der Waals surface area contributed by atoms with Crippen molar-refractivity contribution in [3.05, 3.63) is 82.3 Å². The maximum absolute atomic E-state index is 14.2. The van der Waals surface area contributed by atoms with Crippen molar-refractivity contribution in [2.45, 2.75) is 38.0 Å². The molecule has 0 aliphatic carbocycles. The molecule has 1 aliphatic rings. The van der Waals surface area contributed by atoms with Gasteiger partial charge in [-0.05, 0) is 48.1 Å². The first kappa shape index (κ1) is 28.0. The highest BCUT2D eigenvalue weighted by Gasteiger charge is 2.45. The maximum atomic E-state index is 14.2. The zero-order valence-electron chi connectivity index (χ0n) is 22.5. The van der Waals surface area contributed by atoms with Gasteiger partial charge in [-0.1, -0.05) is 49.7 Å². The molecule has 9 nitrogen and oxygen atoms in total. The molecule has 3 aromatic rings. The van der Waals surface area contributed by atoms with Crippen LogP contribution in [0.1, 0.15) is 64.4 Å². The fourth-order valence-corrected chi connectivity index (χ4v) is 5.24. The molecule has 0 bridgehead atoms. The van der Waals surface area contributed by atoms with Crippen molar-refractivity contribution in [2.75, 3.05) is 37.5 Å². The summed E-state index contributed by atoms with van der Waals surface area (Å²) >= 11 is 6.05. The largest absolute Gasteiger partial charge is 0.465 e. The highest BCUT2D eigenvalue weighted by atomic mass is 35.5. The van der Waals surface area contributed by atoms with Crippen LogP contribution in [0, 0.1) is 0 Å². The summed E-state index contributed by atoms with van der Waals surface area (Å²) in [5.41, 5.74) is 2.12. The Morgan fingerprint density at radius 1 is 1.05 bits per heavy atom. The van der Waals surface area contributed by atoms with Crippen LogP contribution in [0.25, 0.3) is 0 Å². The number of amides is 2. The Morgan fingerprint density at radius 3 is 2.38 bits per heavy atom. The van der Waals surface area contributed by atoms with E-state index in [9.17, 15) is 14.4 Å². The van der Waals surface area contributed by atoms with Gasteiger partial charge in [0.15, 0.2) is 0 Å². The summed E-state index contributed by atoms with van der Waals surface area (Å²) in [5, 5.41) is 5.75. The number of benzene rings is 1. The van der Waals surface area contributed by atoms with Gasteiger partial charge in [-0.25, -0.2) is 14.8 Å². The van der Waals surface area contributed by atoms with Crippen molar-refractivity contribution in [2.24, 2.45) is 0 Å². The van der Waals surface area contributed by atoms with E-state index in [4.69, 9.17) is 16.3 Å². The number of esters is 1. The second kappa shape index (κ2) is 11.8. The Labute approximate surface area is 232 Å². The fraction of sp³-hybridized carbons (Fsp3) is 0.345. The second-order valence-corrected chi connectivity index (χ2v) is 10.2. The minimum absolute atomic E-state index is 0.158. The summed E-state index contributed by atoms with van der Waals surface area (Å²) in [7, 11) is 2.85. The van der Waals surface area contributed by atoms with E-state index in [0.717, 1.165) is 16.9 Å². The number of aromatic nitrogens is 2. The molecule has 0 unspecified atom stereocenters. The lowest BCUT2D eigenvalue weighted by atomic mass is 9.69. The van der Waals surface area contributed by atoms with Gasteiger partial charge in [0.2, 0.25) is 5.91 Å². The molecule has 4 rings (SSSR count). The molecule has 0 saturated carbocycles. The molecule has 0 spiro atoms. The number of nitrogens with zero attached hydrogens (tertiary/aromatic N) is 3. The molecular weight excluding hydrogens is 518 g/mol. The van der Waals surface area contributed by atoms with Crippen molar-refractivity contribution in [1.82, 2.24) is 15.3 Å². The van der Waals surface area contributed by atoms with E-state index in [-0.39, 0.29) is 28.4 Å². The van der Waals surface area contributed by atoms with Crippen molar-refractivity contribution in [3.8, 4) is 0 Å². The Hall–Kier alpha value is -3.98. The predicted molar refractivity (Wildman–Crippen MR) is 150 cm³/mol. The van der Waals surface area contributed by atoms with Crippen molar-refractivity contribution in [3.63, 3.8) is 0 Å². The van der Waals surface area contributed by atoms with E-state index in [1.165, 1.54) is 32.6 Å². The van der Waals surface area contributed by atoms with Crippen molar-refractivity contribution < 1.29 is 19.1 Å². The van der Waals surface area contributed by atoms with Crippen LogP contribution in [0.3, 0.4) is 0 Å². The van der Waals surface area contributed by atoms with E-state index in [2.05, 4.69) is 45.4 Å². The molecule has 2 N–H and O–H groups in total. The fourth-order valence-electron chi connectivity index (χ4n) is 5.08. The number of nitrogens with one attached hydrogen (secondary N) is 2. The Kier molecular flexibility index (Phi) is 8.50. The average Bonchev–Trinajstić information content (AvgIpc) is 2.97. The molecule has 10 heteroatoms. The third-order valence-electron chi connectivity index (χ3n) is 7.23. The predicted octanol–water partition coefficient (Wildman–Crippen LogP) is 4.58. The lowest BCUT2D eigenvalue weighted by molar-refractivity contribution is -0.122. The van der Waals surface area contributed by atoms with Gasteiger partial charge in [0.05, 0.1) is 35.5 Å². The second-order valence-electron chi connectivity index (χ2n) is 9.79. The lowest BCUT2D eigenvalue weighted by Crippen LogP contribution is -2.50. The van der Waals surface area contributed by atoms with Crippen LogP contribution in [0.5, 0.6) is 0 Å². The molecule has 39 heavy (non-hydrogen) atoms. The first-order valence-corrected chi connectivity index (χ1v) is 13.2. The summed E-state index contributed by atoms with van der Waals surface area (Å²) < 4.78 is 4.77. The summed E-state index contributed by atoms with van der Waals surface area (Å²) in [6.07, 6.45) is 3.94. The zero-order valence-corrected chi connectivity index (χ0v) is 23.2. The molecular formula is C29H32ClN5O4. The van der Waals surface area contributed by atoms with E-state index in [1.54, 1.807) is 12.1 Å². The van der Waals surface area contributed by atoms with Gasteiger partial charge >= 0.3 is 5.97 Å². The topological polar surface area (TPSA) is 114 Å². The van der Waals surface area contributed by atoms with E-state index in [0.29, 0.717) is 37.2 Å². The van der Waals surface area contributed by atoms with Gasteiger partial charge in [0.25, 0.3) is 5.91 Å². The number of ether oxygens (including phenoxy) is 1. The third kappa shape index (κ3) is 5.73. The van der Waals surface area contributed by atoms with Crippen molar-refractivity contribution in [1.29, 1.82) is 0 Å². The summed E-state index contributed by atoms with van der Waals surface area (Å²) in [5.74, 6) is -0.102. The minimum Gasteiger partial charge on any atom is -0.465 e. The van der Waals surface area contributed by atoms with Crippen LogP contribution in [0.4, 0.5) is 11.5 Å². The normalized spacial score (nSPS) is 14.6. The van der Waals surface area contributed by atoms with Crippen LogP contribution in [-0.2, 0) is 14.9 Å². The standard InChI is InChI=1S/C29H32ClN5O4/c1-18(2)20-7-5-6-8-22(20)29(28(38)34-23-17-32-24(30)15-21(23)26(36)31-3)11-13-35(14-12-29)25-10-9-19(16-33-25)27(37)39-4/h5-10,15-18H,11-14H2,1-4H3,(H,31,36)(H,34,38). The average molecular weight is 550 g/mol. The van der Waals surface area contributed by atoms with Crippen molar-refractivity contribution >= 4 is 40.9 Å². The van der Waals surface area contributed by atoms with Gasteiger partial charge in [-0.2, -0.15) is 0 Å². The highest BCUT2D eigenvalue weighted by Crippen LogP contribution is 2.41. The van der Waals surface area contributed by atoms with Gasteiger partial charge in [-0.3, -0.25) is 9.59 Å². The molecule has 1 fully saturated rings. The molecule has 2 aromatic heterocycles. The van der Waals surface area contributed by atoms with Gasteiger partial charge < -0.3 is 20.3 Å². The number of anilines is 2. The number of rotatable bonds is 7. The smallest absolute Gasteiger partial charge is 0.339 e.